The van der Waals surface area contributed by atoms with Crippen LogP contribution in [0.15, 0.2) is 65.6 Å². The number of sulfonamides is 1. The number of benzene rings is 2. The molecule has 0 unspecified atom stereocenters. The van der Waals surface area contributed by atoms with Gasteiger partial charge in [-0.3, -0.25) is 0 Å². The second kappa shape index (κ2) is 6.22. The maximum atomic E-state index is 12.6. The van der Waals surface area contributed by atoms with Crippen molar-refractivity contribution in [2.75, 3.05) is 6.61 Å². The van der Waals surface area contributed by atoms with Crippen molar-refractivity contribution in [2.24, 2.45) is 0 Å². The van der Waals surface area contributed by atoms with Crippen LogP contribution in [0.5, 0.6) is 0 Å². The maximum Gasteiger partial charge on any atom is 0.336 e. The highest BCUT2D eigenvalue weighted by Gasteiger charge is 2.51. The quantitative estimate of drug-likeness (QED) is 0.866. The summed E-state index contributed by atoms with van der Waals surface area (Å²) in [5, 5.41) is 0. The van der Waals surface area contributed by atoms with Crippen LogP contribution in [0.3, 0.4) is 0 Å². The van der Waals surface area contributed by atoms with Crippen molar-refractivity contribution in [3.63, 3.8) is 0 Å². The van der Waals surface area contributed by atoms with Crippen LogP contribution in [-0.4, -0.2) is 21.0 Å². The van der Waals surface area contributed by atoms with Crippen LogP contribution in [-0.2, 0) is 25.1 Å². The minimum atomic E-state index is -3.78. The van der Waals surface area contributed by atoms with Crippen LogP contribution >= 0.6 is 0 Å². The molecule has 5 nitrogen and oxygen atoms in total. The summed E-state index contributed by atoms with van der Waals surface area (Å²) in [5.41, 5.74) is -0.332. The van der Waals surface area contributed by atoms with E-state index in [2.05, 4.69) is 4.72 Å². The second-order valence-corrected chi connectivity index (χ2v) is 7.02. The molecule has 2 aromatic rings. The largest absolute Gasteiger partial charge is 0.464 e. The fourth-order valence-electron chi connectivity index (χ4n) is 2.72. The molecule has 1 N–H and O–H groups in total. The SMILES string of the molecule is CCOC(=O)[C@]1(/C=C/c2ccccc2)NS(=O)(=O)c2ccccc21. The number of carbonyl (C=O) groups excluding carboxylic acids is 1. The van der Waals surface area contributed by atoms with E-state index in [0.717, 1.165) is 5.56 Å². The minimum Gasteiger partial charge on any atom is -0.464 e. The van der Waals surface area contributed by atoms with E-state index in [0.29, 0.717) is 5.56 Å². The monoisotopic (exact) mass is 343 g/mol. The first-order valence-electron chi connectivity index (χ1n) is 7.54. The first-order chi connectivity index (χ1) is 11.5. The number of ether oxygens (including phenoxy) is 1. The number of fused-ring (bicyclic) bond motifs is 1. The van der Waals surface area contributed by atoms with Crippen LogP contribution in [0.25, 0.3) is 6.08 Å². The van der Waals surface area contributed by atoms with Gasteiger partial charge in [0.05, 0.1) is 11.5 Å². The second-order valence-electron chi connectivity index (χ2n) is 5.37. The summed E-state index contributed by atoms with van der Waals surface area (Å²) in [4.78, 5) is 12.7. The Labute approximate surface area is 141 Å². The Hall–Kier alpha value is -2.44. The first kappa shape index (κ1) is 16.4. The van der Waals surface area contributed by atoms with Gasteiger partial charge in [-0.2, -0.15) is 4.72 Å². The van der Waals surface area contributed by atoms with Gasteiger partial charge in [-0.15, -0.1) is 0 Å². The lowest BCUT2D eigenvalue weighted by molar-refractivity contribution is -0.148. The summed E-state index contributed by atoms with van der Waals surface area (Å²) in [6.45, 7) is 1.84. The summed E-state index contributed by atoms with van der Waals surface area (Å²) in [5.74, 6) is -0.647. The molecule has 0 aromatic heterocycles. The van der Waals surface area contributed by atoms with Crippen LogP contribution in [0.4, 0.5) is 0 Å². The topological polar surface area (TPSA) is 72.5 Å². The van der Waals surface area contributed by atoms with Crippen molar-refractivity contribution in [1.82, 2.24) is 4.72 Å². The Morgan fingerprint density at radius 1 is 1.12 bits per heavy atom. The van der Waals surface area contributed by atoms with Gasteiger partial charge >= 0.3 is 5.97 Å². The predicted octanol–water partition coefficient (Wildman–Crippen LogP) is 2.45. The fourth-order valence-corrected chi connectivity index (χ4v) is 4.29. The molecule has 2 aromatic carbocycles. The number of nitrogens with one attached hydrogen (secondary N) is 1. The lowest BCUT2D eigenvalue weighted by Gasteiger charge is -2.23. The smallest absolute Gasteiger partial charge is 0.336 e. The summed E-state index contributed by atoms with van der Waals surface area (Å²) < 4.78 is 32.5. The van der Waals surface area contributed by atoms with Crippen LogP contribution in [0, 0.1) is 0 Å². The number of hydrogen-bond acceptors (Lipinski definition) is 4. The molecule has 124 valence electrons. The van der Waals surface area contributed by atoms with Gasteiger partial charge in [0.1, 0.15) is 0 Å². The van der Waals surface area contributed by atoms with Crippen molar-refractivity contribution in [3.05, 3.63) is 71.8 Å². The number of hydrogen-bond donors (Lipinski definition) is 1. The van der Waals surface area contributed by atoms with Crippen LogP contribution in [0.2, 0.25) is 0 Å². The fraction of sp³-hybridized carbons (Fsp3) is 0.167. The molecular weight excluding hydrogens is 326 g/mol. The van der Waals surface area contributed by atoms with Gasteiger partial charge < -0.3 is 4.74 Å². The molecule has 0 spiro atoms. The third-order valence-corrected chi connectivity index (χ3v) is 5.35. The molecule has 0 radical (unpaired) electrons. The number of rotatable bonds is 4. The average Bonchev–Trinajstić information content (AvgIpc) is 2.83. The van der Waals surface area contributed by atoms with E-state index >= 15 is 0 Å². The maximum absolute atomic E-state index is 12.6. The summed E-state index contributed by atoms with van der Waals surface area (Å²) in [6, 6.07) is 15.8. The lowest BCUT2D eigenvalue weighted by atomic mass is 9.90. The van der Waals surface area contributed by atoms with E-state index in [1.165, 1.54) is 6.07 Å². The molecule has 0 aliphatic carbocycles. The Morgan fingerprint density at radius 3 is 2.50 bits per heavy atom. The zero-order valence-electron chi connectivity index (χ0n) is 13.1. The molecule has 0 fully saturated rings. The standard InChI is InChI=1S/C18H17NO4S/c1-2-23-17(20)18(13-12-14-8-4-3-5-9-14)15-10-6-7-11-16(15)24(21,22)19-18/h3-13,19H,2H2,1H3/b13-12+/t18-/m1/s1. The first-order valence-corrected chi connectivity index (χ1v) is 9.03. The van der Waals surface area contributed by atoms with Gasteiger partial charge in [0.2, 0.25) is 10.0 Å². The van der Waals surface area contributed by atoms with Crippen molar-refractivity contribution in [3.8, 4) is 0 Å². The molecule has 1 atom stereocenters. The molecule has 0 bridgehead atoms. The van der Waals surface area contributed by atoms with E-state index in [1.807, 2.05) is 30.3 Å². The molecule has 3 rings (SSSR count). The van der Waals surface area contributed by atoms with E-state index in [9.17, 15) is 13.2 Å². The normalized spacial score (nSPS) is 21.5. The number of esters is 1. The van der Waals surface area contributed by atoms with Gasteiger partial charge in [0.15, 0.2) is 5.54 Å². The van der Waals surface area contributed by atoms with Crippen LogP contribution < -0.4 is 4.72 Å². The third-order valence-electron chi connectivity index (χ3n) is 3.82. The van der Waals surface area contributed by atoms with E-state index < -0.39 is 21.5 Å². The van der Waals surface area contributed by atoms with E-state index in [4.69, 9.17) is 4.74 Å². The highest BCUT2D eigenvalue weighted by atomic mass is 32.2. The molecule has 0 saturated heterocycles. The molecule has 0 amide bonds. The molecule has 1 aliphatic rings. The van der Waals surface area contributed by atoms with Gasteiger partial charge in [0, 0.05) is 5.56 Å². The Kier molecular flexibility index (Phi) is 4.26. The van der Waals surface area contributed by atoms with Gasteiger partial charge in [0.25, 0.3) is 0 Å². The molecule has 6 heteroatoms. The molecule has 1 heterocycles. The van der Waals surface area contributed by atoms with Crippen molar-refractivity contribution in [1.29, 1.82) is 0 Å². The van der Waals surface area contributed by atoms with Gasteiger partial charge in [-0.1, -0.05) is 54.6 Å². The summed E-state index contributed by atoms with van der Waals surface area (Å²) in [7, 11) is -3.78. The third kappa shape index (κ3) is 2.74. The lowest BCUT2D eigenvalue weighted by Crippen LogP contribution is -2.46. The van der Waals surface area contributed by atoms with Crippen molar-refractivity contribution < 1.29 is 17.9 Å². The van der Waals surface area contributed by atoms with Crippen molar-refractivity contribution >= 4 is 22.1 Å². The zero-order valence-corrected chi connectivity index (χ0v) is 13.9. The van der Waals surface area contributed by atoms with Crippen LogP contribution in [0.1, 0.15) is 18.1 Å². The van der Waals surface area contributed by atoms with E-state index in [1.54, 1.807) is 37.3 Å². The molecular formula is C18H17NO4S. The summed E-state index contributed by atoms with van der Waals surface area (Å²) in [6.07, 6.45) is 3.26. The number of carbonyl (C=O) groups is 1. The molecule has 0 saturated carbocycles. The van der Waals surface area contributed by atoms with Gasteiger partial charge in [-0.05, 0) is 24.6 Å². The average molecular weight is 343 g/mol. The zero-order chi connectivity index (χ0) is 17.2. The Balaban J connectivity index is 2.16. The highest BCUT2D eigenvalue weighted by Crippen LogP contribution is 2.38. The van der Waals surface area contributed by atoms with E-state index in [-0.39, 0.29) is 11.5 Å². The molecule has 24 heavy (non-hydrogen) atoms. The minimum absolute atomic E-state index is 0.0933. The van der Waals surface area contributed by atoms with Crippen molar-refractivity contribution in [2.45, 2.75) is 17.4 Å². The highest BCUT2D eigenvalue weighted by molar-refractivity contribution is 7.90. The predicted molar refractivity (Wildman–Crippen MR) is 90.6 cm³/mol. The Bertz CT molecular complexity index is 890. The Morgan fingerprint density at radius 2 is 1.79 bits per heavy atom. The van der Waals surface area contributed by atoms with Gasteiger partial charge in [-0.25, -0.2) is 13.2 Å². The molecule has 1 aliphatic heterocycles. The summed E-state index contributed by atoms with van der Waals surface area (Å²) >= 11 is 0.